The normalized spacial score (nSPS) is 12.0. The average Bonchev–Trinajstić information content (AvgIpc) is 2.22. The van der Waals surface area contributed by atoms with Gasteiger partial charge in [-0.15, -0.1) is 11.6 Å². The Balaban J connectivity index is 2.77. The van der Waals surface area contributed by atoms with Crippen molar-refractivity contribution in [2.24, 2.45) is 0 Å². The molecule has 1 aromatic rings. The van der Waals surface area contributed by atoms with Crippen LogP contribution in [0.3, 0.4) is 0 Å². The van der Waals surface area contributed by atoms with Crippen LogP contribution in [-0.2, 0) is 4.79 Å². The van der Waals surface area contributed by atoms with Crippen molar-refractivity contribution in [1.82, 2.24) is 0 Å². The summed E-state index contributed by atoms with van der Waals surface area (Å²) in [5, 5.41) is 2.52. The van der Waals surface area contributed by atoms with Gasteiger partial charge in [0.2, 0.25) is 5.91 Å². The van der Waals surface area contributed by atoms with Crippen molar-refractivity contribution in [3.63, 3.8) is 0 Å². The number of halogens is 2. The van der Waals surface area contributed by atoms with Gasteiger partial charge in [0.25, 0.3) is 0 Å². The number of anilines is 1. The lowest BCUT2D eigenvalue weighted by Gasteiger charge is -2.09. The van der Waals surface area contributed by atoms with Gasteiger partial charge in [-0.25, -0.2) is 0 Å². The first-order chi connectivity index (χ1) is 7.54. The molecule has 1 unspecified atom stereocenters. The number of nitrogens with one attached hydrogen (secondary N) is 1. The van der Waals surface area contributed by atoms with Crippen LogP contribution in [0.25, 0.3) is 0 Å². The zero-order valence-corrected chi connectivity index (χ0v) is 10.6. The number of alkyl halides is 1. The molecule has 1 atom stereocenters. The van der Waals surface area contributed by atoms with E-state index in [1.54, 1.807) is 25.1 Å². The van der Waals surface area contributed by atoms with Gasteiger partial charge in [-0.05, 0) is 32.0 Å². The van der Waals surface area contributed by atoms with Crippen molar-refractivity contribution >= 4 is 34.8 Å². The summed E-state index contributed by atoms with van der Waals surface area (Å²) in [7, 11) is 0. The van der Waals surface area contributed by atoms with Gasteiger partial charge in [-0.3, -0.25) is 4.79 Å². The summed E-state index contributed by atoms with van der Waals surface area (Å²) < 4.78 is 5.27. The molecule has 88 valence electrons. The van der Waals surface area contributed by atoms with E-state index in [0.717, 1.165) is 0 Å². The van der Waals surface area contributed by atoms with E-state index in [4.69, 9.17) is 27.9 Å². The SMILES string of the molecule is CCOc1ccc(NC(=O)C(C)Cl)cc1Cl. The van der Waals surface area contributed by atoms with Crippen LogP contribution in [-0.4, -0.2) is 17.9 Å². The third kappa shape index (κ3) is 3.58. The molecule has 3 nitrogen and oxygen atoms in total. The number of hydrogen-bond donors (Lipinski definition) is 1. The fourth-order valence-electron chi connectivity index (χ4n) is 1.09. The van der Waals surface area contributed by atoms with E-state index in [0.29, 0.717) is 23.1 Å². The number of benzene rings is 1. The lowest BCUT2D eigenvalue weighted by Crippen LogP contribution is -2.20. The average molecular weight is 262 g/mol. The molecule has 0 spiro atoms. The standard InChI is InChI=1S/C11H13Cl2NO2/c1-3-16-10-5-4-8(6-9(10)13)14-11(15)7(2)12/h4-7H,3H2,1-2H3,(H,14,15). The predicted molar refractivity (Wildman–Crippen MR) is 66.6 cm³/mol. The van der Waals surface area contributed by atoms with E-state index in [9.17, 15) is 4.79 Å². The van der Waals surface area contributed by atoms with Crippen molar-refractivity contribution in [1.29, 1.82) is 0 Å². The molecule has 0 radical (unpaired) electrons. The molecule has 0 saturated heterocycles. The van der Waals surface area contributed by atoms with Crippen LogP contribution in [0.1, 0.15) is 13.8 Å². The summed E-state index contributed by atoms with van der Waals surface area (Å²) in [4.78, 5) is 11.3. The Bertz CT molecular complexity index is 380. The summed E-state index contributed by atoms with van der Waals surface area (Å²) in [6.45, 7) is 4.03. The number of ether oxygens (including phenoxy) is 1. The van der Waals surface area contributed by atoms with Crippen LogP contribution in [0.2, 0.25) is 5.02 Å². The van der Waals surface area contributed by atoms with Gasteiger partial charge >= 0.3 is 0 Å². The molecule has 0 aliphatic heterocycles. The topological polar surface area (TPSA) is 38.3 Å². The van der Waals surface area contributed by atoms with E-state index >= 15 is 0 Å². The molecular formula is C11H13Cl2NO2. The largest absolute Gasteiger partial charge is 0.492 e. The minimum Gasteiger partial charge on any atom is -0.492 e. The van der Waals surface area contributed by atoms with Crippen LogP contribution in [0.5, 0.6) is 5.75 Å². The molecule has 1 rings (SSSR count). The second-order valence-corrected chi connectivity index (χ2v) is 4.25. The summed E-state index contributed by atoms with van der Waals surface area (Å²) >= 11 is 11.6. The van der Waals surface area contributed by atoms with Crippen LogP contribution in [0.4, 0.5) is 5.69 Å². The van der Waals surface area contributed by atoms with Crippen molar-refractivity contribution in [2.45, 2.75) is 19.2 Å². The maximum absolute atomic E-state index is 11.3. The first kappa shape index (κ1) is 13.1. The lowest BCUT2D eigenvalue weighted by molar-refractivity contribution is -0.115. The highest BCUT2D eigenvalue weighted by molar-refractivity contribution is 6.33. The van der Waals surface area contributed by atoms with Crippen LogP contribution >= 0.6 is 23.2 Å². The van der Waals surface area contributed by atoms with Crippen molar-refractivity contribution in [3.8, 4) is 5.75 Å². The number of rotatable bonds is 4. The van der Waals surface area contributed by atoms with Gasteiger partial charge in [0, 0.05) is 5.69 Å². The Kier molecular flexibility index (Phi) is 4.90. The molecular weight excluding hydrogens is 249 g/mol. The summed E-state index contributed by atoms with van der Waals surface area (Å²) in [5.74, 6) is 0.336. The highest BCUT2D eigenvalue weighted by Gasteiger charge is 2.10. The van der Waals surface area contributed by atoms with E-state index < -0.39 is 5.38 Å². The quantitative estimate of drug-likeness (QED) is 0.845. The monoisotopic (exact) mass is 261 g/mol. The minimum absolute atomic E-state index is 0.262. The number of amides is 1. The smallest absolute Gasteiger partial charge is 0.242 e. The zero-order valence-electron chi connectivity index (χ0n) is 9.09. The molecule has 1 aromatic carbocycles. The van der Waals surface area contributed by atoms with Crippen molar-refractivity contribution in [2.75, 3.05) is 11.9 Å². The third-order valence-electron chi connectivity index (χ3n) is 1.86. The van der Waals surface area contributed by atoms with Crippen LogP contribution in [0, 0.1) is 0 Å². The maximum Gasteiger partial charge on any atom is 0.242 e. The van der Waals surface area contributed by atoms with Gasteiger partial charge in [0.05, 0.1) is 11.6 Å². The molecule has 1 N–H and O–H groups in total. The Hall–Kier alpha value is -0.930. The molecule has 5 heteroatoms. The van der Waals surface area contributed by atoms with E-state index in [1.807, 2.05) is 6.92 Å². The highest BCUT2D eigenvalue weighted by Crippen LogP contribution is 2.27. The Labute approximate surface area is 105 Å². The van der Waals surface area contributed by atoms with E-state index in [-0.39, 0.29) is 5.91 Å². The van der Waals surface area contributed by atoms with Gasteiger partial charge in [-0.1, -0.05) is 11.6 Å². The first-order valence-electron chi connectivity index (χ1n) is 4.92. The van der Waals surface area contributed by atoms with Crippen LogP contribution in [0.15, 0.2) is 18.2 Å². The van der Waals surface area contributed by atoms with Crippen LogP contribution < -0.4 is 10.1 Å². The number of carbonyl (C=O) groups excluding carboxylic acids is 1. The van der Waals surface area contributed by atoms with Gasteiger partial charge in [0.15, 0.2) is 0 Å². The molecule has 0 saturated carbocycles. The van der Waals surface area contributed by atoms with Crippen molar-refractivity contribution < 1.29 is 9.53 Å². The summed E-state index contributed by atoms with van der Waals surface area (Å²) in [5.41, 5.74) is 0.603. The third-order valence-corrected chi connectivity index (χ3v) is 2.35. The molecule has 0 heterocycles. The first-order valence-corrected chi connectivity index (χ1v) is 5.73. The molecule has 0 aromatic heterocycles. The number of hydrogen-bond acceptors (Lipinski definition) is 2. The second-order valence-electron chi connectivity index (χ2n) is 3.18. The Morgan fingerprint density at radius 1 is 1.56 bits per heavy atom. The van der Waals surface area contributed by atoms with Gasteiger partial charge in [0.1, 0.15) is 11.1 Å². The summed E-state index contributed by atoms with van der Waals surface area (Å²) in [6.07, 6.45) is 0. The fraction of sp³-hybridized carbons (Fsp3) is 0.364. The molecule has 0 aliphatic carbocycles. The van der Waals surface area contributed by atoms with Crippen molar-refractivity contribution in [3.05, 3.63) is 23.2 Å². The minimum atomic E-state index is -0.578. The van der Waals surface area contributed by atoms with Gasteiger partial charge < -0.3 is 10.1 Å². The summed E-state index contributed by atoms with van der Waals surface area (Å²) in [6, 6.07) is 5.05. The highest BCUT2D eigenvalue weighted by atomic mass is 35.5. The zero-order chi connectivity index (χ0) is 12.1. The predicted octanol–water partition coefficient (Wildman–Crippen LogP) is 3.30. The van der Waals surface area contributed by atoms with Gasteiger partial charge in [-0.2, -0.15) is 0 Å². The maximum atomic E-state index is 11.3. The van der Waals surface area contributed by atoms with E-state index in [1.165, 1.54) is 0 Å². The van der Waals surface area contributed by atoms with E-state index in [2.05, 4.69) is 5.32 Å². The fourth-order valence-corrected chi connectivity index (χ4v) is 1.38. The lowest BCUT2D eigenvalue weighted by atomic mass is 10.3. The molecule has 16 heavy (non-hydrogen) atoms. The molecule has 0 fully saturated rings. The second kappa shape index (κ2) is 5.97. The Morgan fingerprint density at radius 3 is 2.75 bits per heavy atom. The number of carbonyl (C=O) groups is 1. The molecule has 0 aliphatic rings. The Morgan fingerprint density at radius 2 is 2.25 bits per heavy atom. The molecule has 0 bridgehead atoms. The molecule has 1 amide bonds.